The van der Waals surface area contributed by atoms with Crippen molar-refractivity contribution >= 4 is 22.8 Å². The zero-order chi connectivity index (χ0) is 12.3. The van der Waals surface area contributed by atoms with Gasteiger partial charge >= 0.3 is 0 Å². The summed E-state index contributed by atoms with van der Waals surface area (Å²) in [7, 11) is 0. The molecule has 1 N–H and O–H groups in total. The van der Waals surface area contributed by atoms with Crippen LogP contribution in [0.5, 0.6) is 0 Å². The van der Waals surface area contributed by atoms with E-state index in [9.17, 15) is 4.21 Å². The maximum absolute atomic E-state index is 10.8. The van der Waals surface area contributed by atoms with Gasteiger partial charge in [-0.2, -0.15) is 0 Å². The van der Waals surface area contributed by atoms with Gasteiger partial charge in [-0.1, -0.05) is 29.5 Å². The lowest BCUT2D eigenvalue weighted by atomic mass is 10.2. The SMILES string of the molecule is Cc1ccc(Sc2ccc(S(=O)O)cc2)cc1. The van der Waals surface area contributed by atoms with E-state index in [0.29, 0.717) is 4.90 Å². The van der Waals surface area contributed by atoms with Crippen LogP contribution in [0.4, 0.5) is 0 Å². The van der Waals surface area contributed by atoms with Gasteiger partial charge in [-0.15, -0.1) is 0 Å². The highest BCUT2D eigenvalue weighted by Crippen LogP contribution is 2.28. The molecular weight excluding hydrogens is 252 g/mol. The van der Waals surface area contributed by atoms with Crippen molar-refractivity contribution in [1.82, 2.24) is 0 Å². The minimum atomic E-state index is -1.90. The summed E-state index contributed by atoms with van der Waals surface area (Å²) < 4.78 is 19.7. The van der Waals surface area contributed by atoms with Gasteiger partial charge in [0.1, 0.15) is 0 Å². The van der Waals surface area contributed by atoms with Gasteiger partial charge in [0.25, 0.3) is 0 Å². The molecule has 0 aliphatic rings. The first kappa shape index (κ1) is 12.4. The van der Waals surface area contributed by atoms with Crippen LogP contribution in [-0.4, -0.2) is 8.76 Å². The Bertz CT molecular complexity index is 518. The van der Waals surface area contributed by atoms with Crippen LogP contribution in [0.1, 0.15) is 5.56 Å². The van der Waals surface area contributed by atoms with Crippen LogP contribution in [0, 0.1) is 6.92 Å². The molecule has 0 saturated heterocycles. The van der Waals surface area contributed by atoms with E-state index in [1.165, 1.54) is 5.56 Å². The molecule has 2 nitrogen and oxygen atoms in total. The lowest BCUT2D eigenvalue weighted by Gasteiger charge is -2.02. The molecule has 0 saturated carbocycles. The van der Waals surface area contributed by atoms with Crippen molar-refractivity contribution in [3.05, 3.63) is 54.1 Å². The second-order valence-electron chi connectivity index (χ2n) is 3.64. The molecule has 0 aromatic heterocycles. The third-order valence-electron chi connectivity index (χ3n) is 2.28. The smallest absolute Gasteiger partial charge is 0.186 e. The number of hydrogen-bond donors (Lipinski definition) is 1. The molecular formula is C13H12O2S2. The summed E-state index contributed by atoms with van der Waals surface area (Å²) in [4.78, 5) is 2.65. The zero-order valence-corrected chi connectivity index (χ0v) is 10.9. The summed E-state index contributed by atoms with van der Waals surface area (Å²) in [6, 6.07) is 15.3. The maximum Gasteiger partial charge on any atom is 0.186 e. The quantitative estimate of drug-likeness (QED) is 0.858. The fourth-order valence-electron chi connectivity index (χ4n) is 1.37. The molecule has 0 heterocycles. The molecule has 0 radical (unpaired) electrons. The van der Waals surface area contributed by atoms with Crippen LogP contribution in [0.25, 0.3) is 0 Å². The molecule has 0 aliphatic carbocycles. The average molecular weight is 264 g/mol. The number of aryl methyl sites for hydroxylation is 1. The Balaban J connectivity index is 2.13. The molecule has 0 aliphatic heterocycles. The molecule has 0 fully saturated rings. The van der Waals surface area contributed by atoms with E-state index >= 15 is 0 Å². The minimum absolute atomic E-state index is 0.429. The van der Waals surface area contributed by atoms with Crippen LogP contribution >= 0.6 is 11.8 Å². The summed E-state index contributed by atoms with van der Waals surface area (Å²) in [6.07, 6.45) is 0. The second kappa shape index (κ2) is 5.49. The molecule has 2 aromatic rings. The van der Waals surface area contributed by atoms with Gasteiger partial charge in [0.15, 0.2) is 11.1 Å². The van der Waals surface area contributed by atoms with Crippen molar-refractivity contribution in [3.8, 4) is 0 Å². The van der Waals surface area contributed by atoms with Crippen LogP contribution in [0.15, 0.2) is 63.2 Å². The summed E-state index contributed by atoms with van der Waals surface area (Å²) in [5, 5.41) is 0. The Morgan fingerprint density at radius 2 is 1.41 bits per heavy atom. The predicted molar refractivity (Wildman–Crippen MR) is 70.8 cm³/mol. The molecule has 2 aromatic carbocycles. The highest BCUT2D eigenvalue weighted by atomic mass is 32.2. The van der Waals surface area contributed by atoms with Gasteiger partial charge in [0, 0.05) is 9.79 Å². The fourth-order valence-corrected chi connectivity index (χ4v) is 2.55. The molecule has 0 amide bonds. The highest BCUT2D eigenvalue weighted by molar-refractivity contribution is 7.99. The van der Waals surface area contributed by atoms with Crippen LogP contribution in [0.2, 0.25) is 0 Å². The fraction of sp³-hybridized carbons (Fsp3) is 0.0769. The molecule has 1 atom stereocenters. The average Bonchev–Trinajstić information content (AvgIpc) is 2.33. The second-order valence-corrected chi connectivity index (χ2v) is 5.75. The standard InChI is InChI=1S/C13H12O2S2/c1-10-2-4-11(5-3-10)16-12-6-8-13(9-7-12)17(14)15/h2-9H,1H3,(H,14,15). The number of rotatable bonds is 3. The first-order valence-corrected chi connectivity index (χ1v) is 7.03. The Hall–Kier alpha value is -1.10. The first-order chi connectivity index (χ1) is 8.15. The normalized spacial score (nSPS) is 12.4. The molecule has 2 rings (SSSR count). The maximum atomic E-state index is 10.8. The van der Waals surface area contributed by atoms with E-state index in [2.05, 4.69) is 31.2 Å². The third kappa shape index (κ3) is 3.43. The Kier molecular flexibility index (Phi) is 3.99. The largest absolute Gasteiger partial charge is 0.302 e. The summed E-state index contributed by atoms with van der Waals surface area (Å²) >= 11 is -0.260. The van der Waals surface area contributed by atoms with Gasteiger partial charge in [-0.05, 0) is 43.3 Å². The lowest BCUT2D eigenvalue weighted by molar-refractivity contribution is 0.564. The van der Waals surface area contributed by atoms with Gasteiger partial charge in [-0.3, -0.25) is 0 Å². The molecule has 1 unspecified atom stereocenters. The van der Waals surface area contributed by atoms with Crippen molar-refractivity contribution in [1.29, 1.82) is 0 Å². The van der Waals surface area contributed by atoms with Crippen molar-refractivity contribution in [2.75, 3.05) is 0 Å². The van der Waals surface area contributed by atoms with E-state index in [1.807, 2.05) is 12.1 Å². The number of hydrogen-bond acceptors (Lipinski definition) is 2. The third-order valence-corrected chi connectivity index (χ3v) is 3.97. The minimum Gasteiger partial charge on any atom is -0.302 e. The van der Waals surface area contributed by atoms with Gasteiger partial charge in [-0.25, -0.2) is 4.21 Å². The first-order valence-electron chi connectivity index (χ1n) is 5.10. The highest BCUT2D eigenvalue weighted by Gasteiger charge is 2.01. The predicted octanol–water partition coefficient (Wildman–Crippen LogP) is 3.73. The van der Waals surface area contributed by atoms with Gasteiger partial charge < -0.3 is 4.55 Å². The lowest BCUT2D eigenvalue weighted by Crippen LogP contribution is -1.86. The molecule has 0 spiro atoms. The Morgan fingerprint density at radius 3 is 1.88 bits per heavy atom. The van der Waals surface area contributed by atoms with Crippen molar-refractivity contribution in [2.24, 2.45) is 0 Å². The summed E-state index contributed by atoms with van der Waals surface area (Å²) in [5.74, 6) is 0. The topological polar surface area (TPSA) is 37.3 Å². The monoisotopic (exact) mass is 264 g/mol. The Morgan fingerprint density at radius 1 is 0.941 bits per heavy atom. The zero-order valence-electron chi connectivity index (χ0n) is 9.29. The van der Waals surface area contributed by atoms with Crippen molar-refractivity contribution in [2.45, 2.75) is 21.6 Å². The van der Waals surface area contributed by atoms with E-state index in [4.69, 9.17) is 4.55 Å². The van der Waals surface area contributed by atoms with E-state index in [-0.39, 0.29) is 0 Å². The van der Waals surface area contributed by atoms with Crippen LogP contribution < -0.4 is 0 Å². The van der Waals surface area contributed by atoms with Gasteiger partial charge in [0.2, 0.25) is 0 Å². The molecule has 0 bridgehead atoms. The summed E-state index contributed by atoms with van der Waals surface area (Å²) in [6.45, 7) is 2.06. The van der Waals surface area contributed by atoms with Crippen molar-refractivity contribution < 1.29 is 8.76 Å². The summed E-state index contributed by atoms with van der Waals surface area (Å²) in [5.41, 5.74) is 1.24. The molecule has 88 valence electrons. The van der Waals surface area contributed by atoms with E-state index in [1.54, 1.807) is 23.9 Å². The van der Waals surface area contributed by atoms with E-state index < -0.39 is 11.1 Å². The van der Waals surface area contributed by atoms with E-state index in [0.717, 1.165) is 9.79 Å². The van der Waals surface area contributed by atoms with Crippen molar-refractivity contribution in [3.63, 3.8) is 0 Å². The van der Waals surface area contributed by atoms with Crippen LogP contribution in [-0.2, 0) is 11.1 Å². The van der Waals surface area contributed by atoms with Crippen LogP contribution in [0.3, 0.4) is 0 Å². The van der Waals surface area contributed by atoms with Gasteiger partial charge in [0.05, 0.1) is 4.90 Å². The molecule has 4 heteroatoms. The molecule has 17 heavy (non-hydrogen) atoms. The number of benzene rings is 2. The Labute approximate surface area is 107 Å².